The summed E-state index contributed by atoms with van der Waals surface area (Å²) in [5, 5.41) is 23.4. The number of nitrogens with one attached hydrogen (secondary N) is 2. The minimum absolute atomic E-state index is 0. The Morgan fingerprint density at radius 2 is 0.899 bits per heavy atom. The van der Waals surface area contributed by atoms with Crippen molar-refractivity contribution < 1.29 is 66.5 Å². The number of carbonyl (C=O) groups excluding carboxylic acids is 6. The van der Waals surface area contributed by atoms with Crippen LogP contribution in [-0.2, 0) is 19.1 Å². The van der Waals surface area contributed by atoms with Crippen LogP contribution >= 0.6 is 78.3 Å². The number of likely N-dealkylation sites (N-methyl/N-ethyl adjacent to an activating group) is 3. The lowest BCUT2D eigenvalue weighted by molar-refractivity contribution is -0.121. The highest BCUT2D eigenvalue weighted by Crippen LogP contribution is 2.37. The molecule has 8 aromatic carbocycles. The highest BCUT2D eigenvalue weighted by molar-refractivity contribution is 9.11. The molecule has 0 radical (unpaired) electrons. The van der Waals surface area contributed by atoms with Gasteiger partial charge in [-0.2, -0.15) is 0 Å². The van der Waals surface area contributed by atoms with E-state index in [0.29, 0.717) is 60.0 Å². The van der Waals surface area contributed by atoms with Crippen molar-refractivity contribution in [3.05, 3.63) is 212 Å². The number of carbonyl (C=O) groups is 6. The Morgan fingerprint density at radius 1 is 0.525 bits per heavy atom. The molecule has 3 atom stereocenters. The molecule has 0 aliphatic carbocycles. The van der Waals surface area contributed by atoms with E-state index in [0.717, 1.165) is 46.4 Å². The lowest BCUT2D eigenvalue weighted by Gasteiger charge is -2.19. The monoisotopic (exact) mass is 1550 g/mol. The second-order valence-corrected chi connectivity index (χ2v) is 25.6. The summed E-state index contributed by atoms with van der Waals surface area (Å²) < 4.78 is 52.8. The van der Waals surface area contributed by atoms with Crippen LogP contribution in [0.25, 0.3) is 41.8 Å². The van der Waals surface area contributed by atoms with Crippen LogP contribution in [0.2, 0.25) is 0 Å². The Bertz CT molecular complexity index is 4730. The van der Waals surface area contributed by atoms with Crippen LogP contribution in [0.1, 0.15) is 44.3 Å². The zero-order valence-electron chi connectivity index (χ0n) is 51.6. The number of anilines is 3. The van der Waals surface area contributed by atoms with E-state index >= 15 is 0 Å². The number of fused-ring (bicyclic) bond motifs is 6. The lowest BCUT2D eigenvalue weighted by Crippen LogP contribution is -2.49. The first kappa shape index (κ1) is 77.1. The second-order valence-electron chi connectivity index (χ2n) is 20.9. The largest absolute Gasteiger partial charge is 0.491 e. The molecule has 3 aliphatic rings. The molecular weight excluding hydrogens is 1490 g/mol. The van der Waals surface area contributed by atoms with Gasteiger partial charge in [0.2, 0.25) is 10.9 Å². The highest BCUT2D eigenvalue weighted by atomic mass is 79.9. The van der Waals surface area contributed by atoms with Gasteiger partial charge in [-0.25, -0.2) is 28.5 Å². The molecule has 0 saturated heterocycles. The molecule has 0 unspecified atom stereocenters. The number of esters is 1. The van der Waals surface area contributed by atoms with E-state index in [1.807, 2.05) is 91.0 Å². The van der Waals surface area contributed by atoms with E-state index < -0.39 is 42.9 Å². The van der Waals surface area contributed by atoms with E-state index in [4.69, 9.17) is 30.0 Å². The van der Waals surface area contributed by atoms with Crippen LogP contribution in [0.15, 0.2) is 185 Å². The number of hydrogen-bond donors (Lipinski definition) is 5. The second kappa shape index (κ2) is 35.0. The number of hydrogen-bond acceptors (Lipinski definition) is 19. The molecule has 14 rings (SSSR count). The summed E-state index contributed by atoms with van der Waals surface area (Å²) in [6.45, 7) is 0.317. The van der Waals surface area contributed by atoms with Gasteiger partial charge in [0.25, 0.3) is 23.6 Å². The molecular formula is C69H65BBr2ClF2N9O12S3. The van der Waals surface area contributed by atoms with E-state index in [1.54, 1.807) is 75.7 Å². The molecule has 0 bridgehead atoms. The van der Waals surface area contributed by atoms with Crippen molar-refractivity contribution in [3.8, 4) is 28.4 Å². The molecule has 514 valence electrons. The summed E-state index contributed by atoms with van der Waals surface area (Å²) >= 11 is 10.6. The summed E-state index contributed by atoms with van der Waals surface area (Å²) in [5.74, 6) is -0.933. The predicted molar refractivity (Wildman–Crippen MR) is 394 cm³/mol. The first-order valence-electron chi connectivity index (χ1n) is 29.0. The van der Waals surface area contributed by atoms with Gasteiger partial charge in [-0.05, 0) is 111 Å². The van der Waals surface area contributed by atoms with E-state index in [9.17, 15) is 37.5 Å². The third-order valence-corrected chi connectivity index (χ3v) is 19.8. The van der Waals surface area contributed by atoms with Gasteiger partial charge < -0.3 is 60.1 Å². The van der Waals surface area contributed by atoms with E-state index in [1.165, 1.54) is 74.8 Å². The fourth-order valence-corrected chi connectivity index (χ4v) is 13.7. The number of para-hydroxylation sites is 6. The molecule has 99 heavy (non-hydrogen) atoms. The summed E-state index contributed by atoms with van der Waals surface area (Å²) in [5.41, 5.74) is 10.9. The number of ether oxygens (including phenoxy) is 4. The zero-order valence-corrected chi connectivity index (χ0v) is 58.0. The van der Waals surface area contributed by atoms with Gasteiger partial charge in [-0.1, -0.05) is 112 Å². The number of rotatable bonds is 7. The van der Waals surface area contributed by atoms with Gasteiger partial charge >= 0.3 is 13.1 Å². The fraction of sp³-hybridized carbons (Fsp3) is 0.174. The Labute approximate surface area is 603 Å². The molecule has 5 amide bonds. The molecule has 11 aromatic rings. The standard InChI is InChI=1S/C24H18FN3O3S.C18H14BrN3O3S.C10H12N2O2.C9H6BrNO2S.C6H6BFO2.2CH4.ClH/c1-28-19-11-4-5-12-20(19)31-13-18(24(28)30)26-22(29)23-27-17-10-6-8-15(21(17)32-23)14-7-2-3-9-16(14)25;1-22-13-7-2-3-8-14(13)25-9-12(18(22)24)20-16(23)17-21-11-6-4-5-10(19)15(11)26-17;1-12-8-4-2-3-5-9(8)14-6-7(11)10(12)13;1-13-9(12)8-11-6-4-2-3-5(10)7(6)14-8;8-6-4-2-1-3-5(6)7(9)10;;;/h2-12,18H,13H2,1H3,(H,26,29);2-8,12H,9H2,1H3,(H,20,23);2-5,7H,6,11H2,1H3;2-4H,1H3;1-4,9-10H;2*1H4;1H/t18-;12-;7-;;;;;/m000...../s1. The number of nitrogens with two attached hydrogens (primary N) is 1. The van der Waals surface area contributed by atoms with Gasteiger partial charge in [-0.3, -0.25) is 24.0 Å². The number of nitrogens with zero attached hydrogens (tertiary/aromatic N) is 6. The van der Waals surface area contributed by atoms with E-state index in [2.05, 4.69) is 62.2 Å². The minimum atomic E-state index is -1.72. The first-order chi connectivity index (χ1) is 46.2. The maximum absolute atomic E-state index is 14.4. The van der Waals surface area contributed by atoms with Crippen molar-refractivity contribution >= 4 is 174 Å². The molecule has 6 N–H and O–H groups in total. The number of halogens is 5. The minimum Gasteiger partial charge on any atom is -0.489 e. The maximum Gasteiger partial charge on any atom is 0.491 e. The van der Waals surface area contributed by atoms with Crippen molar-refractivity contribution in [1.82, 2.24) is 25.6 Å². The predicted octanol–water partition coefficient (Wildman–Crippen LogP) is 11.9. The number of benzene rings is 8. The molecule has 0 saturated carbocycles. The molecule has 6 heterocycles. The van der Waals surface area contributed by atoms with Gasteiger partial charge in [0.05, 0.1) is 54.8 Å². The maximum atomic E-state index is 14.4. The molecule has 0 fully saturated rings. The van der Waals surface area contributed by atoms with E-state index in [-0.39, 0.29) is 87.0 Å². The van der Waals surface area contributed by atoms with Crippen molar-refractivity contribution in [2.75, 3.05) is 62.8 Å². The van der Waals surface area contributed by atoms with Crippen molar-refractivity contribution in [2.45, 2.75) is 33.0 Å². The van der Waals surface area contributed by atoms with Gasteiger partial charge in [-0.15, -0.1) is 46.4 Å². The molecule has 3 aromatic heterocycles. The highest BCUT2D eigenvalue weighted by Gasteiger charge is 2.34. The Hall–Kier alpha value is -9.30. The van der Waals surface area contributed by atoms with Crippen molar-refractivity contribution in [1.29, 1.82) is 0 Å². The van der Waals surface area contributed by atoms with Crippen LogP contribution in [0.3, 0.4) is 0 Å². The number of amides is 5. The number of methoxy groups -OCH3 is 1. The summed E-state index contributed by atoms with van der Waals surface area (Å²) in [6, 6.07) is 48.3. The third-order valence-electron chi connectivity index (χ3n) is 14.7. The molecule has 21 nitrogen and oxygen atoms in total. The van der Waals surface area contributed by atoms with Crippen LogP contribution < -0.4 is 50.7 Å². The molecule has 0 spiro atoms. The average molecular weight is 1550 g/mol. The molecule has 30 heteroatoms. The van der Waals surface area contributed by atoms with Gasteiger partial charge in [0.1, 0.15) is 66.8 Å². The molecule has 3 aliphatic heterocycles. The fourth-order valence-electron chi connectivity index (χ4n) is 9.75. The average Bonchev–Trinajstić information content (AvgIpc) is 1.62. The lowest BCUT2D eigenvalue weighted by atomic mass is 9.80. The summed E-state index contributed by atoms with van der Waals surface area (Å²) in [7, 11) is 4.65. The topological polar surface area (TPSA) is 278 Å². The van der Waals surface area contributed by atoms with Crippen LogP contribution in [0.4, 0.5) is 25.8 Å². The smallest absolute Gasteiger partial charge is 0.489 e. The van der Waals surface area contributed by atoms with Crippen molar-refractivity contribution in [3.63, 3.8) is 0 Å². The first-order valence-corrected chi connectivity index (χ1v) is 33.0. The summed E-state index contributed by atoms with van der Waals surface area (Å²) in [4.78, 5) is 91.5. The van der Waals surface area contributed by atoms with Gasteiger partial charge in [0, 0.05) is 46.7 Å². The normalized spacial score (nSPS) is 14.9. The summed E-state index contributed by atoms with van der Waals surface area (Å²) in [6.07, 6.45) is 0. The Balaban J connectivity index is 0.000000184. The Morgan fingerprint density at radius 3 is 1.34 bits per heavy atom. The van der Waals surface area contributed by atoms with Crippen LogP contribution in [0, 0.1) is 11.6 Å². The quantitative estimate of drug-likeness (QED) is 0.0732. The van der Waals surface area contributed by atoms with Crippen LogP contribution in [0.5, 0.6) is 17.2 Å². The SMILES string of the molecule is C.C.CN1C(=O)[C@@H](N)COc2ccccc21.CN1C(=O)[C@@H](NC(=O)c2nc3cccc(-c4ccccc4F)c3s2)COc2ccccc21.CN1C(=O)[C@@H](NC(=O)c2nc3cccc(Br)c3s2)COc2ccccc21.COC(=O)c1nc2cccc(Br)c2s1.Cl.OB(O)c1ccccc1F. The van der Waals surface area contributed by atoms with Crippen LogP contribution in [-0.4, -0.2) is 134 Å². The zero-order chi connectivity index (χ0) is 68.3. The Kier molecular flexibility index (Phi) is 27.2. The van der Waals surface area contributed by atoms with Gasteiger partial charge in [0.15, 0.2) is 10.0 Å². The number of aromatic nitrogens is 3. The third kappa shape index (κ3) is 18.0. The van der Waals surface area contributed by atoms with Crippen molar-refractivity contribution in [2.24, 2.45) is 5.73 Å². The number of thiazole rings is 3.